The number of rotatable bonds is 12. The fraction of sp³-hybridized carbons (Fsp3) is 0.146. The topological polar surface area (TPSA) is 96.0 Å². The van der Waals surface area contributed by atoms with Crippen LogP contribution in [-0.2, 0) is 31.9 Å². The van der Waals surface area contributed by atoms with Crippen LogP contribution >= 0.6 is 0 Å². The molecule has 0 unspecified atom stereocenters. The minimum Gasteiger partial charge on any atom is -0.466 e. The Labute approximate surface area is 278 Å². The molecule has 7 nitrogen and oxygen atoms in total. The van der Waals surface area contributed by atoms with Gasteiger partial charge >= 0.3 is 11.9 Å². The minimum absolute atomic E-state index is 0.179. The van der Waals surface area contributed by atoms with Crippen molar-refractivity contribution in [3.05, 3.63) is 144 Å². The summed E-state index contributed by atoms with van der Waals surface area (Å²) in [7, 11) is 0. The fourth-order valence-corrected chi connectivity index (χ4v) is 5.86. The predicted molar refractivity (Wildman–Crippen MR) is 183 cm³/mol. The van der Waals surface area contributed by atoms with E-state index in [1.165, 1.54) is 0 Å². The van der Waals surface area contributed by atoms with E-state index in [1.807, 2.05) is 121 Å². The van der Waals surface area contributed by atoms with E-state index in [0.29, 0.717) is 56.4 Å². The summed E-state index contributed by atoms with van der Waals surface area (Å²) in [6.07, 6.45) is -0.358. The maximum Gasteiger partial charge on any atom is 0.313 e. The monoisotopic (exact) mass is 638 g/mol. The van der Waals surface area contributed by atoms with Gasteiger partial charge < -0.3 is 18.3 Å². The van der Waals surface area contributed by atoms with Crippen LogP contribution in [-0.4, -0.2) is 30.9 Å². The quantitative estimate of drug-likeness (QED) is 0.0975. The molecule has 0 aliphatic carbocycles. The van der Waals surface area contributed by atoms with E-state index in [-0.39, 0.29) is 43.0 Å². The highest BCUT2D eigenvalue weighted by Gasteiger charge is 2.35. The summed E-state index contributed by atoms with van der Waals surface area (Å²) < 4.78 is 23.6. The molecule has 0 amide bonds. The van der Waals surface area contributed by atoms with Gasteiger partial charge in [-0.1, -0.05) is 121 Å². The van der Waals surface area contributed by atoms with Crippen molar-refractivity contribution in [3.63, 3.8) is 0 Å². The molecule has 0 aliphatic rings. The molecule has 6 aromatic rings. The molecule has 0 bridgehead atoms. The minimum atomic E-state index is -0.475. The number of benzene rings is 4. The van der Waals surface area contributed by atoms with E-state index in [0.717, 1.165) is 0 Å². The molecule has 0 saturated heterocycles. The standard InChI is InChI=1S/C41H34O7/c1-3-45-33(42)25-31-35(27-17-9-5-10-18-27)37(40(47-31)29-21-13-7-14-22-29)39(44)38-36(28-19-11-6-12-20-28)32(26-34(43)46-4-2)48-41(38)30-23-15-8-16-24-30/h5-24H,3-4,25-26H2,1-2H3. The number of hydrogen-bond acceptors (Lipinski definition) is 7. The first-order valence-electron chi connectivity index (χ1n) is 15.9. The second-order valence-corrected chi connectivity index (χ2v) is 11.0. The molecule has 240 valence electrons. The normalized spacial score (nSPS) is 10.9. The van der Waals surface area contributed by atoms with Gasteiger partial charge in [-0.3, -0.25) is 14.4 Å². The van der Waals surface area contributed by atoms with Crippen LogP contribution in [0.5, 0.6) is 0 Å². The van der Waals surface area contributed by atoms with Crippen LogP contribution in [0.3, 0.4) is 0 Å². The Bertz CT molecular complexity index is 1880. The molecule has 48 heavy (non-hydrogen) atoms. The Morgan fingerprint density at radius 3 is 1.10 bits per heavy atom. The van der Waals surface area contributed by atoms with E-state index in [9.17, 15) is 9.59 Å². The Morgan fingerprint density at radius 2 is 0.792 bits per heavy atom. The van der Waals surface area contributed by atoms with Crippen molar-refractivity contribution in [2.45, 2.75) is 26.7 Å². The molecule has 2 aromatic heterocycles. The third kappa shape index (κ3) is 6.62. The molecule has 6 rings (SSSR count). The Morgan fingerprint density at radius 1 is 0.479 bits per heavy atom. The average Bonchev–Trinajstić information content (AvgIpc) is 3.68. The van der Waals surface area contributed by atoms with Gasteiger partial charge in [0, 0.05) is 22.3 Å². The molecule has 0 fully saturated rings. The zero-order chi connectivity index (χ0) is 33.5. The van der Waals surface area contributed by atoms with Crippen LogP contribution in [0.2, 0.25) is 0 Å². The highest BCUT2D eigenvalue weighted by atomic mass is 16.5. The third-order valence-corrected chi connectivity index (χ3v) is 7.83. The number of esters is 2. The lowest BCUT2D eigenvalue weighted by molar-refractivity contribution is -0.143. The van der Waals surface area contributed by atoms with Crippen LogP contribution < -0.4 is 0 Å². The summed E-state index contributed by atoms with van der Waals surface area (Å²) in [6, 6.07) is 37.4. The smallest absolute Gasteiger partial charge is 0.313 e. The number of ketones is 1. The first-order chi connectivity index (χ1) is 23.5. The highest BCUT2D eigenvalue weighted by molar-refractivity contribution is 6.22. The van der Waals surface area contributed by atoms with Crippen molar-refractivity contribution < 1.29 is 32.7 Å². The van der Waals surface area contributed by atoms with Crippen LogP contribution in [0, 0.1) is 0 Å². The molecule has 0 atom stereocenters. The summed E-state index contributed by atoms with van der Waals surface area (Å²) in [4.78, 5) is 41.3. The van der Waals surface area contributed by atoms with Gasteiger partial charge in [0.15, 0.2) is 0 Å². The van der Waals surface area contributed by atoms with E-state index < -0.39 is 11.9 Å². The van der Waals surface area contributed by atoms with Gasteiger partial charge in [0.25, 0.3) is 0 Å². The van der Waals surface area contributed by atoms with Gasteiger partial charge in [-0.2, -0.15) is 0 Å². The summed E-state index contributed by atoms with van der Waals surface area (Å²) >= 11 is 0. The predicted octanol–water partition coefficient (Wildman–Crippen LogP) is 8.98. The second-order valence-electron chi connectivity index (χ2n) is 11.0. The molecule has 4 aromatic carbocycles. The van der Waals surface area contributed by atoms with Gasteiger partial charge in [0.2, 0.25) is 5.78 Å². The van der Waals surface area contributed by atoms with Crippen molar-refractivity contribution in [3.8, 4) is 44.9 Å². The zero-order valence-corrected chi connectivity index (χ0v) is 26.7. The number of hydrogen-bond donors (Lipinski definition) is 0. The van der Waals surface area contributed by atoms with Gasteiger partial charge in [-0.05, 0) is 25.0 Å². The molecule has 0 aliphatic heterocycles. The molecule has 0 spiro atoms. The molecule has 0 saturated carbocycles. The molecular weight excluding hydrogens is 604 g/mol. The van der Waals surface area contributed by atoms with Crippen molar-refractivity contribution in [2.24, 2.45) is 0 Å². The van der Waals surface area contributed by atoms with Gasteiger partial charge in [0.05, 0.1) is 24.3 Å². The van der Waals surface area contributed by atoms with Crippen molar-refractivity contribution >= 4 is 17.7 Å². The number of carbonyl (C=O) groups is 3. The van der Waals surface area contributed by atoms with Crippen LogP contribution in [0.15, 0.2) is 130 Å². The summed E-state index contributed by atoms with van der Waals surface area (Å²) in [5.74, 6) is -0.105. The lowest BCUT2D eigenvalue weighted by Crippen LogP contribution is -2.10. The van der Waals surface area contributed by atoms with Gasteiger partial charge in [0.1, 0.15) is 35.9 Å². The Kier molecular flexibility index (Phi) is 9.77. The zero-order valence-electron chi connectivity index (χ0n) is 26.7. The molecule has 2 heterocycles. The molecule has 0 N–H and O–H groups in total. The number of carbonyl (C=O) groups excluding carboxylic acids is 3. The van der Waals surface area contributed by atoms with Crippen LogP contribution in [0.1, 0.15) is 41.3 Å². The highest BCUT2D eigenvalue weighted by Crippen LogP contribution is 2.45. The van der Waals surface area contributed by atoms with E-state index >= 15 is 4.79 Å². The molecule has 0 radical (unpaired) electrons. The van der Waals surface area contributed by atoms with Crippen molar-refractivity contribution in [2.75, 3.05) is 13.2 Å². The summed E-state index contributed by atoms with van der Waals surface area (Å²) in [6.45, 7) is 3.89. The van der Waals surface area contributed by atoms with Gasteiger partial charge in [-0.15, -0.1) is 0 Å². The largest absolute Gasteiger partial charge is 0.466 e. The van der Waals surface area contributed by atoms with E-state index in [1.54, 1.807) is 13.8 Å². The maximum absolute atomic E-state index is 15.5. The van der Waals surface area contributed by atoms with Crippen molar-refractivity contribution in [1.29, 1.82) is 0 Å². The fourth-order valence-electron chi connectivity index (χ4n) is 5.86. The number of ether oxygens (including phenoxy) is 2. The third-order valence-electron chi connectivity index (χ3n) is 7.83. The van der Waals surface area contributed by atoms with Crippen LogP contribution in [0.4, 0.5) is 0 Å². The summed E-state index contributed by atoms with van der Waals surface area (Å²) in [5, 5.41) is 0. The molecular formula is C41H34O7. The van der Waals surface area contributed by atoms with Gasteiger partial charge in [-0.25, -0.2) is 0 Å². The SMILES string of the molecule is CCOC(=O)Cc1oc(-c2ccccc2)c(C(=O)c2c(-c3ccccc3)oc(CC(=O)OCC)c2-c2ccccc2)c1-c1ccccc1. The Hall–Kier alpha value is -5.95. The molecule has 7 heteroatoms. The summed E-state index contributed by atoms with van der Waals surface area (Å²) in [5.41, 5.74) is 4.22. The van der Waals surface area contributed by atoms with E-state index in [4.69, 9.17) is 18.3 Å². The van der Waals surface area contributed by atoms with E-state index in [2.05, 4.69) is 0 Å². The second kappa shape index (κ2) is 14.6. The first kappa shape index (κ1) is 32.0. The average molecular weight is 639 g/mol. The first-order valence-corrected chi connectivity index (χ1v) is 15.9. The number of furan rings is 2. The maximum atomic E-state index is 15.5. The lowest BCUT2D eigenvalue weighted by Gasteiger charge is -2.11. The Balaban J connectivity index is 1.69. The lowest BCUT2D eigenvalue weighted by atomic mass is 9.87. The van der Waals surface area contributed by atoms with Crippen LogP contribution in [0.25, 0.3) is 44.9 Å². The van der Waals surface area contributed by atoms with Crippen molar-refractivity contribution in [1.82, 2.24) is 0 Å².